The zero-order chi connectivity index (χ0) is 20.4. The number of nitriles is 1. The van der Waals surface area contributed by atoms with Gasteiger partial charge in [0.05, 0.1) is 24.1 Å². The number of rotatable bonds is 5. The number of hydrogen-bond acceptors (Lipinski definition) is 6. The van der Waals surface area contributed by atoms with Crippen LogP contribution in [-0.2, 0) is 5.54 Å². The van der Waals surface area contributed by atoms with Gasteiger partial charge in [-0.3, -0.25) is 4.98 Å². The van der Waals surface area contributed by atoms with Crippen LogP contribution in [0.1, 0.15) is 20.8 Å². The molecule has 0 aliphatic heterocycles. The molecule has 0 N–H and O–H groups in total. The highest BCUT2D eigenvalue weighted by Gasteiger charge is 2.26. The van der Waals surface area contributed by atoms with Crippen molar-refractivity contribution in [3.05, 3.63) is 55.1 Å². The van der Waals surface area contributed by atoms with Crippen LogP contribution in [0, 0.1) is 11.3 Å². The molecular weight excluding hydrogens is 364 g/mol. The topological polar surface area (TPSA) is 89.5 Å². The Bertz CT molecular complexity index is 1190. The van der Waals surface area contributed by atoms with Crippen LogP contribution >= 0.6 is 0 Å². The van der Waals surface area contributed by atoms with E-state index in [0.29, 0.717) is 12.6 Å². The molecule has 7 heteroatoms. The molecule has 0 aliphatic rings. The summed E-state index contributed by atoms with van der Waals surface area (Å²) >= 11 is 0. The average molecular weight is 384 g/mol. The summed E-state index contributed by atoms with van der Waals surface area (Å²) in [6, 6.07) is 12.5. The number of ether oxygens (including phenoxy) is 1. The first-order valence-corrected chi connectivity index (χ1v) is 9.33. The molecule has 0 saturated heterocycles. The highest BCUT2D eigenvalue weighted by Crippen LogP contribution is 2.34. The minimum Gasteiger partial charge on any atom is -0.464 e. The Morgan fingerprint density at radius 3 is 2.45 bits per heavy atom. The Balaban J connectivity index is 1.90. The van der Waals surface area contributed by atoms with E-state index < -0.39 is 5.54 Å². The fourth-order valence-corrected chi connectivity index (χ4v) is 3.25. The maximum atomic E-state index is 9.78. The van der Waals surface area contributed by atoms with Crippen LogP contribution < -0.4 is 4.74 Å². The molecule has 4 rings (SSSR count). The van der Waals surface area contributed by atoms with Gasteiger partial charge in [0.15, 0.2) is 0 Å². The predicted octanol–water partition coefficient (Wildman–Crippen LogP) is 4.21. The molecule has 29 heavy (non-hydrogen) atoms. The molecule has 4 aromatic rings. The third-order valence-corrected chi connectivity index (χ3v) is 4.63. The van der Waals surface area contributed by atoms with Crippen LogP contribution in [-0.4, -0.2) is 31.1 Å². The predicted molar refractivity (Wildman–Crippen MR) is 110 cm³/mol. The van der Waals surface area contributed by atoms with Gasteiger partial charge in [-0.25, -0.2) is 15.0 Å². The summed E-state index contributed by atoms with van der Waals surface area (Å²) in [4.78, 5) is 17.6. The zero-order valence-corrected chi connectivity index (χ0v) is 16.5. The summed E-state index contributed by atoms with van der Waals surface area (Å²) in [5.74, 6) is 0. The van der Waals surface area contributed by atoms with Crippen molar-refractivity contribution >= 4 is 11.0 Å². The second kappa shape index (κ2) is 7.32. The monoisotopic (exact) mass is 384 g/mol. The van der Waals surface area contributed by atoms with E-state index in [2.05, 4.69) is 26.0 Å². The number of aromatic nitrogens is 5. The maximum Gasteiger partial charge on any atom is 0.316 e. The molecule has 0 saturated carbocycles. The molecule has 4 heterocycles. The van der Waals surface area contributed by atoms with Crippen molar-refractivity contribution in [2.75, 3.05) is 6.61 Å². The summed E-state index contributed by atoms with van der Waals surface area (Å²) in [5.41, 5.74) is 3.28. The first-order valence-electron chi connectivity index (χ1n) is 9.33. The first kappa shape index (κ1) is 18.6. The van der Waals surface area contributed by atoms with E-state index in [0.717, 1.165) is 33.5 Å². The lowest BCUT2D eigenvalue weighted by Gasteiger charge is -2.22. The average Bonchev–Trinajstić information content (AvgIpc) is 3.15. The molecule has 0 aromatic carbocycles. The summed E-state index contributed by atoms with van der Waals surface area (Å²) in [7, 11) is 0. The van der Waals surface area contributed by atoms with Gasteiger partial charge in [-0.1, -0.05) is 6.07 Å². The molecule has 0 unspecified atom stereocenters. The first-order chi connectivity index (χ1) is 14.0. The van der Waals surface area contributed by atoms with E-state index in [4.69, 9.17) is 4.74 Å². The van der Waals surface area contributed by atoms with Gasteiger partial charge in [0.25, 0.3) is 0 Å². The van der Waals surface area contributed by atoms with Crippen LogP contribution in [0.3, 0.4) is 0 Å². The highest BCUT2D eigenvalue weighted by molar-refractivity contribution is 5.87. The molecule has 0 amide bonds. The van der Waals surface area contributed by atoms with Crippen molar-refractivity contribution in [2.24, 2.45) is 0 Å². The van der Waals surface area contributed by atoms with Gasteiger partial charge >= 0.3 is 6.01 Å². The lowest BCUT2D eigenvalue weighted by atomic mass is 10.1. The molecule has 0 radical (unpaired) electrons. The number of hydrogen-bond donors (Lipinski definition) is 0. The van der Waals surface area contributed by atoms with Gasteiger partial charge in [-0.15, -0.1) is 0 Å². The highest BCUT2D eigenvalue weighted by atomic mass is 16.5. The summed E-state index contributed by atoms with van der Waals surface area (Å²) in [6.07, 6.45) is 6.95. The van der Waals surface area contributed by atoms with Gasteiger partial charge in [0.1, 0.15) is 11.2 Å². The number of nitrogens with zero attached hydrogens (tertiary/aromatic N) is 6. The summed E-state index contributed by atoms with van der Waals surface area (Å²) < 4.78 is 7.26. The van der Waals surface area contributed by atoms with Crippen molar-refractivity contribution in [2.45, 2.75) is 26.3 Å². The van der Waals surface area contributed by atoms with Gasteiger partial charge in [-0.2, -0.15) is 5.26 Å². The number of pyridine rings is 2. The van der Waals surface area contributed by atoms with Crippen molar-refractivity contribution in [3.63, 3.8) is 0 Å². The van der Waals surface area contributed by atoms with Gasteiger partial charge in [-0.05, 0) is 45.0 Å². The molecule has 4 aromatic heterocycles. The Morgan fingerprint density at radius 2 is 1.79 bits per heavy atom. The quantitative estimate of drug-likeness (QED) is 0.512. The van der Waals surface area contributed by atoms with Crippen LogP contribution in [0.15, 0.2) is 55.1 Å². The second-order valence-corrected chi connectivity index (χ2v) is 7.07. The van der Waals surface area contributed by atoms with E-state index in [-0.39, 0.29) is 0 Å². The Labute approximate surface area is 168 Å². The van der Waals surface area contributed by atoms with Crippen molar-refractivity contribution in [3.8, 4) is 34.6 Å². The molecule has 144 valence electrons. The molecule has 0 atom stereocenters. The van der Waals surface area contributed by atoms with Gasteiger partial charge in [0.2, 0.25) is 0 Å². The third kappa shape index (κ3) is 3.41. The number of fused-ring (bicyclic) bond motifs is 1. The van der Waals surface area contributed by atoms with Gasteiger partial charge in [0, 0.05) is 41.3 Å². The summed E-state index contributed by atoms with van der Waals surface area (Å²) in [6.45, 7) is 6.11. The molecule has 0 bridgehead atoms. The zero-order valence-electron chi connectivity index (χ0n) is 16.5. The molecule has 0 aliphatic carbocycles. The largest absolute Gasteiger partial charge is 0.464 e. The fraction of sp³-hybridized carbons (Fsp3) is 0.227. The third-order valence-electron chi connectivity index (χ3n) is 4.63. The van der Waals surface area contributed by atoms with Crippen molar-refractivity contribution in [1.82, 2.24) is 24.5 Å². The Hall–Kier alpha value is -3.79. The van der Waals surface area contributed by atoms with E-state index in [1.807, 2.05) is 55.7 Å². The minimum atomic E-state index is -0.810. The maximum absolute atomic E-state index is 9.78. The van der Waals surface area contributed by atoms with Crippen LogP contribution in [0.2, 0.25) is 0 Å². The van der Waals surface area contributed by atoms with E-state index in [1.165, 1.54) is 0 Å². The second-order valence-electron chi connectivity index (χ2n) is 7.07. The Morgan fingerprint density at radius 1 is 1.03 bits per heavy atom. The standard InChI is InChI=1S/C22H20N6O/c1-4-29-21-26-12-17(13-27-21)19-10-15-9-16(18-7-5-6-8-24-18)11-25-20(15)28(19)22(2,3)14-23/h5-13H,4H2,1-3H3. The van der Waals surface area contributed by atoms with Crippen LogP contribution in [0.5, 0.6) is 6.01 Å². The molecule has 0 fully saturated rings. The van der Waals surface area contributed by atoms with E-state index in [9.17, 15) is 5.26 Å². The lowest BCUT2D eigenvalue weighted by Crippen LogP contribution is -2.25. The normalized spacial score (nSPS) is 11.4. The minimum absolute atomic E-state index is 0.328. The van der Waals surface area contributed by atoms with Crippen LogP contribution in [0.4, 0.5) is 0 Å². The summed E-state index contributed by atoms with van der Waals surface area (Å²) in [5, 5.41) is 10.7. The lowest BCUT2D eigenvalue weighted by molar-refractivity contribution is 0.312. The van der Waals surface area contributed by atoms with Crippen molar-refractivity contribution < 1.29 is 4.74 Å². The fourth-order valence-electron chi connectivity index (χ4n) is 3.25. The Kier molecular flexibility index (Phi) is 4.69. The SMILES string of the molecule is CCOc1ncc(-c2cc3cc(-c4ccccn4)cnc3n2C(C)(C)C#N)cn1. The van der Waals surface area contributed by atoms with E-state index >= 15 is 0 Å². The van der Waals surface area contributed by atoms with Crippen LogP contribution in [0.25, 0.3) is 33.5 Å². The molecular formula is C22H20N6O. The van der Waals surface area contributed by atoms with Gasteiger partial charge < -0.3 is 9.30 Å². The smallest absolute Gasteiger partial charge is 0.316 e. The van der Waals surface area contributed by atoms with E-state index in [1.54, 1.807) is 24.8 Å². The molecule has 0 spiro atoms. The molecule has 7 nitrogen and oxygen atoms in total. The van der Waals surface area contributed by atoms with Crippen molar-refractivity contribution in [1.29, 1.82) is 5.26 Å².